The minimum Gasteiger partial charge on any atom is -0.591 e. The second-order valence-electron chi connectivity index (χ2n) is 2.94. The third kappa shape index (κ3) is 11.0. The molecule has 0 aliphatic heterocycles. The second-order valence-corrected chi connectivity index (χ2v) is 5.32. The van der Waals surface area contributed by atoms with Crippen LogP contribution in [0.5, 0.6) is 0 Å². The number of carbonyl (C=O) groups is 2. The largest absolute Gasteiger partial charge is 0.591 e. The first-order valence-electron chi connectivity index (χ1n) is 4.28. The van der Waals surface area contributed by atoms with Gasteiger partial charge in [0.25, 0.3) is 0 Å². The van der Waals surface area contributed by atoms with Crippen LogP contribution in [0.25, 0.3) is 0 Å². The fourth-order valence-corrected chi connectivity index (χ4v) is 0.945. The number of phosphoric ester groups is 1. The van der Waals surface area contributed by atoms with Crippen molar-refractivity contribution in [2.75, 3.05) is 6.61 Å². The minimum atomic E-state index is -4.55. The van der Waals surface area contributed by atoms with E-state index in [0.717, 1.165) is 6.92 Å². The summed E-state index contributed by atoms with van der Waals surface area (Å²) in [4.78, 5) is 45.5. The summed E-state index contributed by atoms with van der Waals surface area (Å²) in [6.07, 6.45) is -1.36. The molecule has 0 aliphatic rings. The molecule has 0 radical (unpaired) electrons. The van der Waals surface area contributed by atoms with Gasteiger partial charge in [-0.05, 0) is 0 Å². The zero-order chi connectivity index (χ0) is 15.9. The smallest absolute Gasteiger partial charge is 0.469 e. The van der Waals surface area contributed by atoms with Gasteiger partial charge in [-0.2, -0.15) is 0 Å². The molecule has 0 rings (SSSR count). The fourth-order valence-electron chi connectivity index (χ4n) is 0.341. The molecule has 0 spiro atoms. The first-order valence-corrected chi connectivity index (χ1v) is 6.99. The van der Waals surface area contributed by atoms with E-state index < -0.39 is 39.9 Å². The number of rotatable bonds is 6. The van der Waals surface area contributed by atoms with Crippen LogP contribution >= 0.6 is 15.9 Å². The molecule has 13 heteroatoms. The Labute approximate surface area is 107 Å². The van der Waals surface area contributed by atoms with Crippen LogP contribution in [-0.2, 0) is 23.2 Å². The van der Waals surface area contributed by atoms with E-state index in [9.17, 15) is 23.6 Å². The maximum Gasteiger partial charge on any atom is 0.469 e. The minimum absolute atomic E-state index is 0.121. The average molecular weight is 322 g/mol. The molecule has 2 atom stereocenters. The summed E-state index contributed by atoms with van der Waals surface area (Å²) in [5.74, 6) is -1.21. The van der Waals surface area contributed by atoms with Crippen LogP contribution in [0.15, 0.2) is 0 Å². The van der Waals surface area contributed by atoms with Crippen molar-refractivity contribution >= 4 is 27.9 Å². The maximum absolute atomic E-state index is 10.0. The summed E-state index contributed by atoms with van der Waals surface area (Å²) in [6.45, 7) is 0.0823. The first kappa shape index (κ1) is 20.7. The molecule has 0 saturated heterocycles. The van der Waals surface area contributed by atoms with E-state index in [4.69, 9.17) is 25.1 Å². The first-order chi connectivity index (χ1) is 8.34. The molecule has 0 bridgehead atoms. The standard InChI is InChI=1S/C3H7O6P.C3H5O5P/c4-1-3(5)2-9-10(6,7)8;1-2(4)3(5,6)9(7)8/h1,3,5H,2H2,(H2,6,7,8);5-6H,1H3. The van der Waals surface area contributed by atoms with Gasteiger partial charge in [0.1, 0.15) is 6.10 Å². The Hall–Kier alpha value is -0.610. The number of ketones is 1. The normalized spacial score (nSPS) is 13.9. The van der Waals surface area contributed by atoms with Crippen LogP contribution in [0.3, 0.4) is 0 Å². The van der Waals surface area contributed by atoms with E-state index in [1.165, 1.54) is 0 Å². The highest BCUT2D eigenvalue weighted by atomic mass is 31.2. The highest BCUT2D eigenvalue weighted by Gasteiger charge is 2.44. The van der Waals surface area contributed by atoms with E-state index in [1.807, 2.05) is 0 Å². The van der Waals surface area contributed by atoms with E-state index in [-0.39, 0.29) is 6.29 Å². The van der Waals surface area contributed by atoms with Gasteiger partial charge in [-0.25, -0.2) is 4.57 Å². The maximum atomic E-state index is 10.0. The van der Waals surface area contributed by atoms with Crippen molar-refractivity contribution in [2.24, 2.45) is 0 Å². The summed E-state index contributed by atoms with van der Waals surface area (Å²) in [5, 5.41) is 24.9. The Balaban J connectivity index is 0. The zero-order valence-electron chi connectivity index (χ0n) is 9.44. The molecule has 0 aromatic carbocycles. The van der Waals surface area contributed by atoms with Crippen molar-refractivity contribution in [3.63, 3.8) is 0 Å². The Kier molecular flexibility index (Phi) is 9.30. The van der Waals surface area contributed by atoms with Gasteiger partial charge < -0.3 is 34.8 Å². The number of hydrogen-bond acceptors (Lipinski definition) is 9. The zero-order valence-corrected chi connectivity index (χ0v) is 11.2. The highest BCUT2D eigenvalue weighted by Crippen LogP contribution is 2.35. The van der Waals surface area contributed by atoms with Gasteiger partial charge in [0, 0.05) is 6.92 Å². The molecular formula is C6H12O11P2. The van der Waals surface area contributed by atoms with E-state index in [2.05, 4.69) is 4.52 Å². The van der Waals surface area contributed by atoms with Crippen LogP contribution < -0.4 is 4.89 Å². The third-order valence-electron chi connectivity index (χ3n) is 1.30. The SMILES string of the molecule is CC(=O)C(O)(O)[P+](=O)[O-].O=CC(O)COP(=O)(O)O. The average Bonchev–Trinajstić information content (AvgIpc) is 2.25. The van der Waals surface area contributed by atoms with Crippen LogP contribution in [0, 0.1) is 0 Å². The predicted molar refractivity (Wildman–Crippen MR) is 55.5 cm³/mol. The Morgan fingerprint density at radius 1 is 1.53 bits per heavy atom. The lowest BCUT2D eigenvalue weighted by atomic mass is 10.4. The quantitative estimate of drug-likeness (QED) is 0.189. The molecule has 0 saturated carbocycles. The molecule has 0 aromatic heterocycles. The predicted octanol–water partition coefficient (Wildman–Crippen LogP) is -3.03. The van der Waals surface area contributed by atoms with E-state index >= 15 is 0 Å². The van der Waals surface area contributed by atoms with Crippen molar-refractivity contribution in [1.82, 2.24) is 0 Å². The number of carbonyl (C=O) groups excluding carboxylic acids is 2. The molecule has 0 aromatic rings. The molecule has 0 fully saturated rings. The van der Waals surface area contributed by atoms with Gasteiger partial charge in [0.2, 0.25) is 5.78 Å². The van der Waals surface area contributed by atoms with Crippen LogP contribution in [0.2, 0.25) is 0 Å². The van der Waals surface area contributed by atoms with Crippen LogP contribution in [0.4, 0.5) is 0 Å². The van der Waals surface area contributed by atoms with E-state index in [1.54, 1.807) is 0 Å². The Bertz CT molecular complexity index is 355. The number of aliphatic hydroxyl groups is 3. The van der Waals surface area contributed by atoms with Crippen LogP contribution in [0.1, 0.15) is 6.92 Å². The fraction of sp³-hybridized carbons (Fsp3) is 0.667. The summed E-state index contributed by atoms with van der Waals surface area (Å²) < 4.78 is 23.4. The van der Waals surface area contributed by atoms with E-state index in [0.29, 0.717) is 0 Å². The molecular weight excluding hydrogens is 310 g/mol. The summed E-state index contributed by atoms with van der Waals surface area (Å²) >= 11 is 0. The molecule has 11 nitrogen and oxygen atoms in total. The lowest BCUT2D eigenvalue weighted by Crippen LogP contribution is -2.34. The van der Waals surface area contributed by atoms with Gasteiger partial charge in [-0.3, -0.25) is 9.32 Å². The number of phosphoric acid groups is 1. The van der Waals surface area contributed by atoms with Gasteiger partial charge in [-0.1, -0.05) is 4.57 Å². The highest BCUT2D eigenvalue weighted by molar-refractivity contribution is 7.46. The lowest BCUT2D eigenvalue weighted by Gasteiger charge is -2.05. The Morgan fingerprint density at radius 3 is 2.11 bits per heavy atom. The molecule has 0 heterocycles. The summed E-state index contributed by atoms with van der Waals surface area (Å²) in [7, 11) is -8.07. The van der Waals surface area contributed by atoms with Gasteiger partial charge in [0.15, 0.2) is 6.29 Å². The second kappa shape index (κ2) is 8.54. The van der Waals surface area contributed by atoms with Crippen LogP contribution in [-0.4, -0.2) is 55.4 Å². The van der Waals surface area contributed by atoms with Crippen molar-refractivity contribution < 1.29 is 53.2 Å². The van der Waals surface area contributed by atoms with Gasteiger partial charge in [-0.15, -0.1) is 0 Å². The summed E-state index contributed by atoms with van der Waals surface area (Å²) in [5.41, 5.74) is -3.19. The number of aliphatic hydroxyl groups excluding tert-OH is 1. The monoisotopic (exact) mass is 322 g/mol. The molecule has 5 N–H and O–H groups in total. The molecule has 112 valence electrons. The van der Waals surface area contributed by atoms with Gasteiger partial charge in [0.05, 0.1) is 6.61 Å². The van der Waals surface area contributed by atoms with Crippen molar-refractivity contribution in [2.45, 2.75) is 18.6 Å². The molecule has 19 heavy (non-hydrogen) atoms. The number of aldehydes is 1. The lowest BCUT2D eigenvalue weighted by molar-refractivity contribution is -0.206. The number of hydrogen-bond donors (Lipinski definition) is 5. The van der Waals surface area contributed by atoms with Crippen molar-refractivity contribution in [1.29, 1.82) is 0 Å². The number of Topliss-reactive ketones (excluding diaryl/α,β-unsaturated/α-hetero) is 1. The molecule has 0 amide bonds. The molecule has 0 aliphatic carbocycles. The third-order valence-corrected chi connectivity index (χ3v) is 2.61. The van der Waals surface area contributed by atoms with Crippen molar-refractivity contribution in [3.05, 3.63) is 0 Å². The van der Waals surface area contributed by atoms with Gasteiger partial charge >= 0.3 is 21.4 Å². The van der Waals surface area contributed by atoms with Crippen molar-refractivity contribution in [3.8, 4) is 0 Å². The molecule has 2 unspecified atom stereocenters. The Morgan fingerprint density at radius 2 is 1.95 bits per heavy atom. The topological polar surface area (TPSA) is 202 Å². The summed E-state index contributed by atoms with van der Waals surface area (Å²) in [6, 6.07) is 0.